The van der Waals surface area contributed by atoms with Crippen molar-refractivity contribution >= 4 is 27.5 Å². The van der Waals surface area contributed by atoms with Gasteiger partial charge in [0.2, 0.25) is 5.91 Å². The molecule has 0 saturated carbocycles. The number of hydrogen-bond donors (Lipinski definition) is 0. The number of carbonyl (C=O) groups excluding carboxylic acids is 1. The van der Waals surface area contributed by atoms with Crippen molar-refractivity contribution in [2.45, 2.75) is 32.7 Å². The van der Waals surface area contributed by atoms with E-state index >= 15 is 0 Å². The van der Waals surface area contributed by atoms with Gasteiger partial charge in [0.05, 0.1) is 11.8 Å². The average molecular weight is 379 g/mol. The van der Waals surface area contributed by atoms with Gasteiger partial charge in [0.1, 0.15) is 11.2 Å². The lowest BCUT2D eigenvalue weighted by Gasteiger charge is -2.22. The van der Waals surface area contributed by atoms with Crippen molar-refractivity contribution in [1.29, 1.82) is 0 Å². The van der Waals surface area contributed by atoms with Crippen LogP contribution in [0.5, 0.6) is 0 Å². The zero-order valence-electron chi connectivity index (χ0n) is 15.2. The molecule has 2 aromatic heterocycles. The number of nitrogens with zero attached hydrogens (tertiary/aromatic N) is 3. The fourth-order valence-corrected chi connectivity index (χ4v) is 4.54. The summed E-state index contributed by atoms with van der Waals surface area (Å²) in [5.74, 6) is -0.0614. The summed E-state index contributed by atoms with van der Waals surface area (Å²) < 4.78 is 2.01. The SMILES string of the molecule is CCN(C(=O)Cn1cnc2cc(-c3ccccc3)sc2c1=O)C1=CCCC1. The molecule has 0 aliphatic heterocycles. The van der Waals surface area contributed by atoms with Crippen molar-refractivity contribution < 1.29 is 4.79 Å². The molecule has 27 heavy (non-hydrogen) atoms. The lowest BCUT2D eigenvalue weighted by atomic mass is 10.2. The third-order valence-corrected chi connectivity index (χ3v) is 6.01. The molecule has 0 saturated heterocycles. The minimum Gasteiger partial charge on any atom is -0.315 e. The van der Waals surface area contributed by atoms with E-state index in [-0.39, 0.29) is 18.0 Å². The molecule has 3 aromatic rings. The lowest BCUT2D eigenvalue weighted by Crippen LogP contribution is -2.35. The lowest BCUT2D eigenvalue weighted by molar-refractivity contribution is -0.129. The van der Waals surface area contributed by atoms with Gasteiger partial charge in [-0.3, -0.25) is 14.2 Å². The van der Waals surface area contributed by atoms with Crippen LogP contribution in [-0.2, 0) is 11.3 Å². The molecule has 0 bridgehead atoms. The van der Waals surface area contributed by atoms with Gasteiger partial charge in [-0.05, 0) is 37.8 Å². The van der Waals surface area contributed by atoms with Gasteiger partial charge < -0.3 is 4.90 Å². The van der Waals surface area contributed by atoms with E-state index in [2.05, 4.69) is 11.1 Å². The van der Waals surface area contributed by atoms with Crippen LogP contribution in [0.4, 0.5) is 0 Å². The van der Waals surface area contributed by atoms with Crippen molar-refractivity contribution in [3.8, 4) is 10.4 Å². The number of fused-ring (bicyclic) bond motifs is 1. The number of likely N-dealkylation sites (N-methyl/N-ethyl adjacent to an activating group) is 1. The molecule has 0 spiro atoms. The smallest absolute Gasteiger partial charge is 0.271 e. The molecule has 1 aliphatic carbocycles. The Kier molecular flexibility index (Phi) is 4.90. The molecule has 0 fully saturated rings. The number of rotatable bonds is 5. The van der Waals surface area contributed by atoms with Crippen LogP contribution in [0.2, 0.25) is 0 Å². The first-order valence-electron chi connectivity index (χ1n) is 9.21. The monoisotopic (exact) mass is 379 g/mol. The maximum absolute atomic E-state index is 12.9. The first-order valence-corrected chi connectivity index (χ1v) is 10.0. The molecular formula is C21H21N3O2S. The second-order valence-electron chi connectivity index (χ2n) is 6.59. The Morgan fingerprint density at radius 2 is 2.11 bits per heavy atom. The molecule has 4 rings (SSSR count). The summed E-state index contributed by atoms with van der Waals surface area (Å²) in [5, 5.41) is 0. The van der Waals surface area contributed by atoms with Crippen molar-refractivity contribution in [2.75, 3.05) is 6.54 Å². The molecule has 5 nitrogen and oxygen atoms in total. The summed E-state index contributed by atoms with van der Waals surface area (Å²) in [4.78, 5) is 32.8. The van der Waals surface area contributed by atoms with Gasteiger partial charge in [-0.2, -0.15) is 0 Å². The second kappa shape index (κ2) is 7.48. The Labute approximate surface area is 161 Å². The number of allylic oxidation sites excluding steroid dienone is 2. The van der Waals surface area contributed by atoms with Crippen LogP contribution >= 0.6 is 11.3 Å². The van der Waals surface area contributed by atoms with Crippen LogP contribution in [0.3, 0.4) is 0 Å². The van der Waals surface area contributed by atoms with Crippen LogP contribution in [0.1, 0.15) is 26.2 Å². The van der Waals surface area contributed by atoms with E-state index in [1.54, 1.807) is 4.90 Å². The fraction of sp³-hybridized carbons (Fsp3) is 0.286. The van der Waals surface area contributed by atoms with E-state index in [0.29, 0.717) is 16.8 Å². The van der Waals surface area contributed by atoms with Crippen LogP contribution in [0.25, 0.3) is 20.7 Å². The zero-order chi connectivity index (χ0) is 18.8. The van der Waals surface area contributed by atoms with Gasteiger partial charge in [0, 0.05) is 17.1 Å². The number of hydrogen-bond acceptors (Lipinski definition) is 4. The van der Waals surface area contributed by atoms with E-state index in [0.717, 1.165) is 35.4 Å². The van der Waals surface area contributed by atoms with Gasteiger partial charge in [-0.25, -0.2) is 4.98 Å². The zero-order valence-corrected chi connectivity index (χ0v) is 16.0. The van der Waals surface area contributed by atoms with E-state index < -0.39 is 0 Å². The molecule has 1 aliphatic rings. The normalized spacial score (nSPS) is 13.7. The maximum Gasteiger partial charge on any atom is 0.271 e. The quantitative estimate of drug-likeness (QED) is 0.672. The molecule has 1 aromatic carbocycles. The van der Waals surface area contributed by atoms with E-state index in [1.807, 2.05) is 43.3 Å². The van der Waals surface area contributed by atoms with E-state index in [4.69, 9.17) is 0 Å². The molecule has 0 atom stereocenters. The molecule has 6 heteroatoms. The first-order chi connectivity index (χ1) is 13.2. The Morgan fingerprint density at radius 3 is 2.81 bits per heavy atom. The molecule has 2 heterocycles. The Hall–Kier alpha value is -2.73. The summed E-state index contributed by atoms with van der Waals surface area (Å²) in [7, 11) is 0. The van der Waals surface area contributed by atoms with E-state index in [9.17, 15) is 9.59 Å². The van der Waals surface area contributed by atoms with Crippen LogP contribution in [0, 0.1) is 0 Å². The summed E-state index contributed by atoms with van der Waals surface area (Å²) in [5.41, 5.74) is 2.66. The third kappa shape index (κ3) is 3.45. The summed E-state index contributed by atoms with van der Waals surface area (Å²) in [6.07, 6.45) is 6.64. The van der Waals surface area contributed by atoms with Gasteiger partial charge in [-0.1, -0.05) is 36.4 Å². The van der Waals surface area contributed by atoms with Gasteiger partial charge in [0.25, 0.3) is 5.56 Å². The van der Waals surface area contributed by atoms with Gasteiger partial charge in [-0.15, -0.1) is 11.3 Å². The van der Waals surface area contributed by atoms with E-state index in [1.165, 1.54) is 22.2 Å². The first kappa shape index (κ1) is 17.7. The Bertz CT molecular complexity index is 1070. The van der Waals surface area contributed by atoms with Crippen molar-refractivity contribution in [1.82, 2.24) is 14.5 Å². The number of carbonyl (C=O) groups is 1. The average Bonchev–Trinajstić information content (AvgIpc) is 3.36. The highest BCUT2D eigenvalue weighted by molar-refractivity contribution is 7.22. The Morgan fingerprint density at radius 1 is 1.30 bits per heavy atom. The number of aromatic nitrogens is 2. The number of thiophene rings is 1. The number of amides is 1. The largest absolute Gasteiger partial charge is 0.315 e. The van der Waals surface area contributed by atoms with Crippen LogP contribution in [-0.4, -0.2) is 26.9 Å². The van der Waals surface area contributed by atoms with Crippen molar-refractivity contribution in [3.63, 3.8) is 0 Å². The molecule has 138 valence electrons. The summed E-state index contributed by atoms with van der Waals surface area (Å²) in [6.45, 7) is 2.60. The number of benzene rings is 1. The molecule has 1 amide bonds. The standard InChI is InChI=1S/C21H21N3O2S/c1-2-24(16-10-6-7-11-16)19(25)13-23-14-22-17-12-18(27-20(17)21(23)26)15-8-4-3-5-9-15/h3-5,8-10,12,14H,2,6-7,11,13H2,1H3. The van der Waals surface area contributed by atoms with Gasteiger partial charge >= 0.3 is 0 Å². The highest BCUT2D eigenvalue weighted by Crippen LogP contribution is 2.30. The van der Waals surface area contributed by atoms with Crippen molar-refractivity contribution in [3.05, 3.63) is 64.9 Å². The highest BCUT2D eigenvalue weighted by Gasteiger charge is 2.20. The topological polar surface area (TPSA) is 55.2 Å². The molecule has 0 N–H and O–H groups in total. The minimum absolute atomic E-state index is 0.0194. The molecular weight excluding hydrogens is 358 g/mol. The molecule has 0 unspecified atom stereocenters. The highest BCUT2D eigenvalue weighted by atomic mass is 32.1. The van der Waals surface area contributed by atoms with Gasteiger partial charge in [0.15, 0.2) is 0 Å². The van der Waals surface area contributed by atoms with Crippen molar-refractivity contribution in [2.24, 2.45) is 0 Å². The maximum atomic E-state index is 12.9. The molecule has 0 radical (unpaired) electrons. The summed E-state index contributed by atoms with van der Waals surface area (Å²) >= 11 is 1.43. The fourth-order valence-electron chi connectivity index (χ4n) is 3.47. The Balaban J connectivity index is 1.64. The minimum atomic E-state index is -0.156. The third-order valence-electron chi connectivity index (χ3n) is 4.85. The second-order valence-corrected chi connectivity index (χ2v) is 7.65. The summed E-state index contributed by atoms with van der Waals surface area (Å²) in [6, 6.07) is 11.9. The predicted molar refractivity (Wildman–Crippen MR) is 109 cm³/mol. The predicted octanol–water partition coefficient (Wildman–Crippen LogP) is 4.04. The van der Waals surface area contributed by atoms with Crippen LogP contribution < -0.4 is 5.56 Å². The van der Waals surface area contributed by atoms with Crippen LogP contribution in [0.15, 0.2) is 59.3 Å².